The maximum absolute atomic E-state index is 12.4. The molecule has 0 radical (unpaired) electrons. The SMILES string of the molecule is C[C@@]1(CCc2ccc(OC(=O)Cc3cccc4ccccc34)cc2)NC(=O)NC1=O. The first-order chi connectivity index (χ1) is 14.4. The van der Waals surface area contributed by atoms with Crippen molar-refractivity contribution in [1.82, 2.24) is 10.6 Å². The summed E-state index contributed by atoms with van der Waals surface area (Å²) in [5, 5.41) is 7.05. The van der Waals surface area contributed by atoms with Crippen LogP contribution in [0.1, 0.15) is 24.5 Å². The molecule has 1 atom stereocenters. The van der Waals surface area contributed by atoms with E-state index in [1.165, 1.54) is 0 Å². The zero-order chi connectivity index (χ0) is 21.1. The highest BCUT2D eigenvalue weighted by atomic mass is 16.5. The van der Waals surface area contributed by atoms with Gasteiger partial charge in [0.05, 0.1) is 6.42 Å². The van der Waals surface area contributed by atoms with Gasteiger partial charge in [-0.15, -0.1) is 0 Å². The molecule has 0 unspecified atom stereocenters. The van der Waals surface area contributed by atoms with Crippen molar-refractivity contribution in [2.75, 3.05) is 0 Å². The van der Waals surface area contributed by atoms with Crippen LogP contribution in [0.2, 0.25) is 0 Å². The van der Waals surface area contributed by atoms with E-state index >= 15 is 0 Å². The van der Waals surface area contributed by atoms with Crippen LogP contribution >= 0.6 is 0 Å². The van der Waals surface area contributed by atoms with Crippen LogP contribution in [0.15, 0.2) is 66.7 Å². The Kier molecular flexibility index (Phi) is 5.23. The van der Waals surface area contributed by atoms with Gasteiger partial charge in [-0.25, -0.2) is 4.79 Å². The minimum atomic E-state index is -0.902. The minimum Gasteiger partial charge on any atom is -0.426 e. The molecule has 0 spiro atoms. The van der Waals surface area contributed by atoms with Crippen molar-refractivity contribution in [2.24, 2.45) is 0 Å². The average Bonchev–Trinajstić information content (AvgIpc) is 2.99. The van der Waals surface area contributed by atoms with Gasteiger partial charge < -0.3 is 10.1 Å². The maximum Gasteiger partial charge on any atom is 0.322 e. The number of hydrogen-bond acceptors (Lipinski definition) is 4. The van der Waals surface area contributed by atoms with Gasteiger partial charge in [0.1, 0.15) is 11.3 Å². The molecule has 3 aromatic carbocycles. The van der Waals surface area contributed by atoms with Crippen LogP contribution < -0.4 is 15.4 Å². The third-order valence-corrected chi connectivity index (χ3v) is 5.40. The number of carbonyl (C=O) groups excluding carboxylic acids is 3. The number of hydrogen-bond donors (Lipinski definition) is 2. The molecule has 0 aliphatic carbocycles. The summed E-state index contributed by atoms with van der Waals surface area (Å²) in [5.74, 6) is -0.162. The Hall–Kier alpha value is -3.67. The van der Waals surface area contributed by atoms with Crippen molar-refractivity contribution in [3.63, 3.8) is 0 Å². The van der Waals surface area contributed by atoms with E-state index in [0.29, 0.717) is 18.6 Å². The molecule has 1 aliphatic rings. The molecule has 1 fully saturated rings. The van der Waals surface area contributed by atoms with E-state index in [0.717, 1.165) is 21.9 Å². The molecule has 6 nitrogen and oxygen atoms in total. The zero-order valence-electron chi connectivity index (χ0n) is 16.6. The van der Waals surface area contributed by atoms with Crippen molar-refractivity contribution in [2.45, 2.75) is 31.7 Å². The predicted molar refractivity (Wildman–Crippen MR) is 113 cm³/mol. The van der Waals surface area contributed by atoms with Gasteiger partial charge in [-0.2, -0.15) is 0 Å². The Labute approximate surface area is 174 Å². The van der Waals surface area contributed by atoms with E-state index in [2.05, 4.69) is 10.6 Å². The van der Waals surface area contributed by atoms with Gasteiger partial charge in [0, 0.05) is 0 Å². The second-order valence-corrected chi connectivity index (χ2v) is 7.67. The third kappa shape index (κ3) is 4.17. The van der Waals surface area contributed by atoms with E-state index in [1.807, 2.05) is 54.6 Å². The van der Waals surface area contributed by atoms with Crippen LogP contribution in [0.3, 0.4) is 0 Å². The number of fused-ring (bicyclic) bond motifs is 1. The van der Waals surface area contributed by atoms with Crippen LogP contribution in [-0.4, -0.2) is 23.4 Å². The first-order valence-corrected chi connectivity index (χ1v) is 9.83. The van der Waals surface area contributed by atoms with Crippen molar-refractivity contribution in [3.05, 3.63) is 77.9 Å². The molecule has 2 N–H and O–H groups in total. The monoisotopic (exact) mass is 402 g/mol. The lowest BCUT2D eigenvalue weighted by atomic mass is 9.93. The van der Waals surface area contributed by atoms with E-state index in [4.69, 9.17) is 4.74 Å². The average molecular weight is 402 g/mol. The summed E-state index contributed by atoms with van der Waals surface area (Å²) in [6.45, 7) is 1.71. The highest BCUT2D eigenvalue weighted by molar-refractivity contribution is 6.06. The van der Waals surface area contributed by atoms with Crippen LogP contribution in [0.5, 0.6) is 5.75 Å². The second kappa shape index (κ2) is 7.99. The highest BCUT2D eigenvalue weighted by Crippen LogP contribution is 2.22. The first kappa shape index (κ1) is 19.6. The van der Waals surface area contributed by atoms with Crippen LogP contribution in [0.4, 0.5) is 4.79 Å². The van der Waals surface area contributed by atoms with Crippen molar-refractivity contribution in [3.8, 4) is 5.75 Å². The Morgan fingerprint density at radius 1 is 0.967 bits per heavy atom. The predicted octanol–water partition coefficient (Wildman–Crippen LogP) is 3.52. The summed E-state index contributed by atoms with van der Waals surface area (Å²) >= 11 is 0. The quantitative estimate of drug-likeness (QED) is 0.375. The number of rotatable bonds is 6. The standard InChI is InChI=1S/C24H22N2O4/c1-24(22(28)25-23(29)26-24)14-13-16-9-11-19(12-10-16)30-21(27)15-18-7-4-6-17-5-2-3-8-20(17)18/h2-12H,13-15H2,1H3,(H2,25,26,28,29)/t24-/m0/s1. The fraction of sp³-hybridized carbons (Fsp3) is 0.208. The summed E-state index contributed by atoms with van der Waals surface area (Å²) in [6.07, 6.45) is 1.27. The Morgan fingerprint density at radius 3 is 2.43 bits per heavy atom. The fourth-order valence-corrected chi connectivity index (χ4v) is 3.64. The summed E-state index contributed by atoms with van der Waals surface area (Å²) in [6, 6.07) is 20.6. The van der Waals surface area contributed by atoms with Crippen LogP contribution in [-0.2, 0) is 22.4 Å². The molecule has 6 heteroatoms. The lowest BCUT2D eigenvalue weighted by Gasteiger charge is -2.20. The van der Waals surface area contributed by atoms with E-state index in [9.17, 15) is 14.4 Å². The number of benzene rings is 3. The summed E-state index contributed by atoms with van der Waals surface area (Å²) in [5.41, 5.74) is 1.01. The molecule has 30 heavy (non-hydrogen) atoms. The molecule has 4 rings (SSSR count). The van der Waals surface area contributed by atoms with E-state index < -0.39 is 11.6 Å². The van der Waals surface area contributed by atoms with Gasteiger partial charge in [-0.05, 0) is 53.8 Å². The number of imide groups is 1. The normalized spacial score (nSPS) is 18.2. The Bertz CT molecular complexity index is 1120. The van der Waals surface area contributed by atoms with Gasteiger partial charge >= 0.3 is 12.0 Å². The van der Waals surface area contributed by atoms with Crippen molar-refractivity contribution < 1.29 is 19.1 Å². The van der Waals surface area contributed by atoms with Gasteiger partial charge in [-0.3, -0.25) is 14.9 Å². The number of nitrogens with one attached hydrogen (secondary N) is 2. The zero-order valence-corrected chi connectivity index (χ0v) is 16.6. The molecule has 1 saturated heterocycles. The number of urea groups is 1. The summed E-state index contributed by atoms with van der Waals surface area (Å²) in [4.78, 5) is 35.6. The van der Waals surface area contributed by atoms with Crippen LogP contribution in [0.25, 0.3) is 10.8 Å². The minimum absolute atomic E-state index is 0.191. The molecule has 1 aliphatic heterocycles. The van der Waals surface area contributed by atoms with Crippen molar-refractivity contribution in [1.29, 1.82) is 0 Å². The molecule has 0 aromatic heterocycles. The molecular formula is C24H22N2O4. The number of aryl methyl sites for hydroxylation is 1. The topological polar surface area (TPSA) is 84.5 Å². The molecular weight excluding hydrogens is 380 g/mol. The smallest absolute Gasteiger partial charge is 0.322 e. The van der Waals surface area contributed by atoms with Gasteiger partial charge in [0.15, 0.2) is 0 Å². The molecule has 0 bridgehead atoms. The van der Waals surface area contributed by atoms with Gasteiger partial charge in [0.2, 0.25) is 0 Å². The maximum atomic E-state index is 12.4. The highest BCUT2D eigenvalue weighted by Gasteiger charge is 2.41. The lowest BCUT2D eigenvalue weighted by molar-refractivity contribution is -0.133. The molecule has 1 heterocycles. The Balaban J connectivity index is 1.36. The van der Waals surface area contributed by atoms with Crippen LogP contribution in [0, 0.1) is 0 Å². The summed E-state index contributed by atoms with van der Waals surface area (Å²) in [7, 11) is 0. The first-order valence-electron chi connectivity index (χ1n) is 9.83. The van der Waals surface area contributed by atoms with Gasteiger partial charge in [-0.1, -0.05) is 54.6 Å². The van der Waals surface area contributed by atoms with E-state index in [1.54, 1.807) is 19.1 Å². The third-order valence-electron chi connectivity index (χ3n) is 5.40. The molecule has 152 valence electrons. The number of ether oxygens (including phenoxy) is 1. The van der Waals surface area contributed by atoms with E-state index in [-0.39, 0.29) is 18.3 Å². The van der Waals surface area contributed by atoms with Gasteiger partial charge in [0.25, 0.3) is 5.91 Å². The number of esters is 1. The molecule has 3 amide bonds. The molecule has 0 saturated carbocycles. The number of amides is 3. The van der Waals surface area contributed by atoms with Crippen molar-refractivity contribution >= 4 is 28.7 Å². The molecule has 3 aromatic rings. The largest absolute Gasteiger partial charge is 0.426 e. The Morgan fingerprint density at radius 2 is 1.70 bits per heavy atom. The fourth-order valence-electron chi connectivity index (χ4n) is 3.64. The second-order valence-electron chi connectivity index (χ2n) is 7.67. The number of carbonyl (C=O) groups is 3. The lowest BCUT2D eigenvalue weighted by Crippen LogP contribution is -2.43. The summed E-state index contributed by atoms with van der Waals surface area (Å²) < 4.78 is 5.49.